The number of hydrogen-bond donors (Lipinski definition) is 0. The maximum atomic E-state index is 12.7. The number of carbonyl (C=O) groups excluding carboxylic acids is 1. The van der Waals surface area contributed by atoms with Crippen LogP contribution in [0.2, 0.25) is 0 Å². The molecule has 0 spiro atoms. The second-order valence-electron chi connectivity index (χ2n) is 7.36. The molecular formula is C18H29N5O2. The topological polar surface area (TPSA) is 63.5 Å². The fourth-order valence-electron chi connectivity index (χ4n) is 3.63. The smallest absolute Gasteiger partial charge is 0.223 e. The summed E-state index contributed by atoms with van der Waals surface area (Å²) >= 11 is 0. The molecule has 0 radical (unpaired) electrons. The molecule has 7 nitrogen and oxygen atoms in total. The van der Waals surface area contributed by atoms with Crippen molar-refractivity contribution >= 4 is 5.91 Å². The van der Waals surface area contributed by atoms with Gasteiger partial charge in [0.2, 0.25) is 5.91 Å². The summed E-state index contributed by atoms with van der Waals surface area (Å²) in [6.07, 6.45) is 7.13. The third-order valence-corrected chi connectivity index (χ3v) is 5.02. The molecule has 138 valence electrons. The minimum Gasteiger partial charge on any atom is -0.379 e. The average molecular weight is 347 g/mol. The highest BCUT2D eigenvalue weighted by Crippen LogP contribution is 2.29. The lowest BCUT2D eigenvalue weighted by Crippen LogP contribution is -2.40. The molecule has 0 aromatic carbocycles. The van der Waals surface area contributed by atoms with Crippen molar-refractivity contribution in [2.24, 2.45) is 13.0 Å². The number of fused-ring (bicyclic) bond motifs is 1. The largest absolute Gasteiger partial charge is 0.379 e. The van der Waals surface area contributed by atoms with E-state index in [0.717, 1.165) is 30.8 Å². The van der Waals surface area contributed by atoms with Crippen LogP contribution < -0.4 is 0 Å². The molecule has 1 aromatic heterocycles. The van der Waals surface area contributed by atoms with Crippen LogP contribution in [0.15, 0.2) is 12.2 Å². The maximum absolute atomic E-state index is 12.7. The van der Waals surface area contributed by atoms with E-state index in [1.165, 1.54) is 0 Å². The number of aromatic nitrogens is 3. The van der Waals surface area contributed by atoms with E-state index in [4.69, 9.17) is 4.74 Å². The molecule has 2 heterocycles. The van der Waals surface area contributed by atoms with Gasteiger partial charge >= 0.3 is 0 Å². The van der Waals surface area contributed by atoms with Crippen LogP contribution in [-0.4, -0.2) is 71.1 Å². The highest BCUT2D eigenvalue weighted by Gasteiger charge is 2.33. The Hall–Kier alpha value is -1.73. The molecule has 0 N–H and O–H groups in total. The Morgan fingerprint density at radius 2 is 2.28 bits per heavy atom. The Labute approximate surface area is 149 Å². The van der Waals surface area contributed by atoms with Crippen LogP contribution >= 0.6 is 0 Å². The van der Waals surface area contributed by atoms with Crippen molar-refractivity contribution in [2.45, 2.75) is 31.7 Å². The molecule has 0 fully saturated rings. The van der Waals surface area contributed by atoms with Gasteiger partial charge in [-0.25, -0.2) is 0 Å². The van der Waals surface area contributed by atoms with Crippen molar-refractivity contribution < 1.29 is 9.53 Å². The van der Waals surface area contributed by atoms with Crippen LogP contribution in [0.4, 0.5) is 0 Å². The molecule has 1 aromatic rings. The summed E-state index contributed by atoms with van der Waals surface area (Å²) < 4.78 is 7.70. The van der Waals surface area contributed by atoms with Crippen molar-refractivity contribution in [1.29, 1.82) is 0 Å². The first-order chi connectivity index (χ1) is 12.0. The van der Waals surface area contributed by atoms with Crippen LogP contribution in [0.1, 0.15) is 36.6 Å². The minimum absolute atomic E-state index is 0.133. The van der Waals surface area contributed by atoms with Crippen molar-refractivity contribution in [3.8, 4) is 0 Å². The molecule has 1 amide bonds. The summed E-state index contributed by atoms with van der Waals surface area (Å²) in [5, 5.41) is 8.42. The Morgan fingerprint density at radius 1 is 1.44 bits per heavy atom. The third-order valence-electron chi connectivity index (χ3n) is 5.02. The fourth-order valence-corrected chi connectivity index (χ4v) is 3.63. The normalized spacial score (nSPS) is 22.6. The highest BCUT2D eigenvalue weighted by molar-refractivity contribution is 5.77. The summed E-state index contributed by atoms with van der Waals surface area (Å²) in [4.78, 5) is 16.8. The van der Waals surface area contributed by atoms with E-state index in [-0.39, 0.29) is 11.8 Å². The van der Waals surface area contributed by atoms with Gasteiger partial charge in [0.05, 0.1) is 25.5 Å². The summed E-state index contributed by atoms with van der Waals surface area (Å²) in [5.41, 5.74) is 2.01. The first kappa shape index (κ1) is 18.1. The number of ether oxygens (including phenoxy) is 1. The van der Waals surface area contributed by atoms with Gasteiger partial charge in [0.1, 0.15) is 5.69 Å². The molecule has 25 heavy (non-hydrogen) atoms. The Bertz CT molecular complexity index is 625. The van der Waals surface area contributed by atoms with Gasteiger partial charge in [0.25, 0.3) is 0 Å². The highest BCUT2D eigenvalue weighted by atomic mass is 16.5. The molecule has 1 aliphatic carbocycles. The summed E-state index contributed by atoms with van der Waals surface area (Å²) in [6, 6.07) is 0. The molecule has 0 saturated carbocycles. The molecule has 7 heteroatoms. The van der Waals surface area contributed by atoms with E-state index in [0.29, 0.717) is 38.6 Å². The third kappa shape index (κ3) is 4.46. The quantitative estimate of drug-likeness (QED) is 0.547. The van der Waals surface area contributed by atoms with Gasteiger partial charge in [-0.3, -0.25) is 9.48 Å². The molecular weight excluding hydrogens is 318 g/mol. The number of hydrogen-bond acceptors (Lipinski definition) is 5. The van der Waals surface area contributed by atoms with Crippen LogP contribution in [-0.2, 0) is 23.1 Å². The number of nitrogens with zero attached hydrogens (tertiary/aromatic N) is 5. The standard InChI is InChI=1S/C18H29N5O2/c1-21(2)8-9-25-13-15-11-23(12-16-18(15)22(3)20-19-16)17(24)10-14-6-4-5-7-14/h4,6,14-15H,5,7-13H2,1-3H3/t14-,15+/m0/s1. The van der Waals surface area contributed by atoms with E-state index in [9.17, 15) is 4.79 Å². The van der Waals surface area contributed by atoms with Gasteiger partial charge in [0, 0.05) is 32.5 Å². The Balaban J connectivity index is 1.63. The lowest BCUT2D eigenvalue weighted by atomic mass is 9.97. The zero-order valence-electron chi connectivity index (χ0n) is 15.5. The van der Waals surface area contributed by atoms with Crippen LogP contribution in [0.3, 0.4) is 0 Å². The van der Waals surface area contributed by atoms with E-state index in [1.807, 2.05) is 30.7 Å². The molecule has 0 unspecified atom stereocenters. The van der Waals surface area contributed by atoms with E-state index in [1.54, 1.807) is 0 Å². The van der Waals surface area contributed by atoms with Crippen molar-refractivity contribution in [3.05, 3.63) is 23.5 Å². The number of allylic oxidation sites excluding steroid dienone is 2. The van der Waals surface area contributed by atoms with Gasteiger partial charge in [-0.15, -0.1) is 5.10 Å². The van der Waals surface area contributed by atoms with Gasteiger partial charge < -0.3 is 14.5 Å². The van der Waals surface area contributed by atoms with Crippen molar-refractivity contribution in [1.82, 2.24) is 24.8 Å². The number of aryl methyl sites for hydroxylation is 1. The van der Waals surface area contributed by atoms with E-state index >= 15 is 0 Å². The average Bonchev–Trinajstić information content (AvgIpc) is 3.21. The summed E-state index contributed by atoms with van der Waals surface area (Å²) in [7, 11) is 5.98. The summed E-state index contributed by atoms with van der Waals surface area (Å²) in [5.74, 6) is 0.741. The maximum Gasteiger partial charge on any atom is 0.223 e. The van der Waals surface area contributed by atoms with Gasteiger partial charge in [0.15, 0.2) is 0 Å². The summed E-state index contributed by atoms with van der Waals surface area (Å²) in [6.45, 7) is 3.41. The fraction of sp³-hybridized carbons (Fsp3) is 0.722. The molecule has 0 bridgehead atoms. The Kier molecular flexibility index (Phi) is 5.86. The van der Waals surface area contributed by atoms with Gasteiger partial charge in [-0.05, 0) is 32.9 Å². The predicted octanol–water partition coefficient (Wildman–Crippen LogP) is 1.18. The van der Waals surface area contributed by atoms with Gasteiger partial charge in [-0.2, -0.15) is 0 Å². The first-order valence-corrected chi connectivity index (χ1v) is 9.10. The molecule has 0 saturated heterocycles. The van der Waals surface area contributed by atoms with Crippen LogP contribution in [0, 0.1) is 5.92 Å². The zero-order valence-corrected chi connectivity index (χ0v) is 15.5. The molecule has 3 rings (SSSR count). The van der Waals surface area contributed by atoms with E-state index < -0.39 is 0 Å². The lowest BCUT2D eigenvalue weighted by molar-refractivity contribution is -0.133. The number of likely N-dealkylation sites (N-methyl/N-ethyl adjacent to an activating group) is 1. The number of rotatable bonds is 7. The first-order valence-electron chi connectivity index (χ1n) is 9.10. The van der Waals surface area contributed by atoms with Crippen molar-refractivity contribution in [2.75, 3.05) is 40.4 Å². The number of amides is 1. The molecule has 2 atom stereocenters. The number of carbonyl (C=O) groups is 1. The monoisotopic (exact) mass is 347 g/mol. The van der Waals surface area contributed by atoms with Crippen LogP contribution in [0.25, 0.3) is 0 Å². The van der Waals surface area contributed by atoms with Gasteiger partial charge in [-0.1, -0.05) is 17.4 Å². The molecule has 1 aliphatic heterocycles. The second kappa shape index (κ2) is 8.10. The second-order valence-corrected chi connectivity index (χ2v) is 7.36. The zero-order chi connectivity index (χ0) is 17.8. The Morgan fingerprint density at radius 3 is 3.00 bits per heavy atom. The lowest BCUT2D eigenvalue weighted by Gasteiger charge is -2.32. The molecule has 2 aliphatic rings. The van der Waals surface area contributed by atoms with Crippen molar-refractivity contribution in [3.63, 3.8) is 0 Å². The minimum atomic E-state index is 0.133. The van der Waals surface area contributed by atoms with Crippen LogP contribution in [0.5, 0.6) is 0 Å². The SMILES string of the molecule is CN(C)CCOC[C@H]1CN(C(=O)C[C@H]2C=CCC2)Cc2nnn(C)c21. The van der Waals surface area contributed by atoms with E-state index in [2.05, 4.69) is 27.4 Å². The predicted molar refractivity (Wildman–Crippen MR) is 95.0 cm³/mol.